The monoisotopic (exact) mass is 362 g/mol. The summed E-state index contributed by atoms with van der Waals surface area (Å²) in [6.07, 6.45) is 4.71. The standard InChI is InChI=1S/C21H34O3Si/c1-20(2,3)25(5,6)24-21(17-12-8-7-9-13-17)15-11-10-14-18(21)16-19(22)23-4/h7-9,12-13,18H,10-11,14-16H2,1-6H3/t18-,21-/m0/s1. The molecule has 0 heterocycles. The molecule has 4 heteroatoms. The number of hydrogen-bond donors (Lipinski definition) is 0. The topological polar surface area (TPSA) is 35.5 Å². The van der Waals surface area contributed by atoms with Crippen LogP contribution in [0.3, 0.4) is 0 Å². The van der Waals surface area contributed by atoms with E-state index in [1.54, 1.807) is 0 Å². The number of hydrogen-bond acceptors (Lipinski definition) is 3. The number of carbonyl (C=O) groups is 1. The highest BCUT2D eigenvalue weighted by Crippen LogP contribution is 2.51. The minimum atomic E-state index is -2.00. The third-order valence-electron chi connectivity index (χ3n) is 6.16. The van der Waals surface area contributed by atoms with E-state index in [4.69, 9.17) is 9.16 Å². The van der Waals surface area contributed by atoms with Crippen molar-refractivity contribution in [2.24, 2.45) is 5.92 Å². The molecule has 2 atom stereocenters. The molecule has 0 bridgehead atoms. The molecular weight excluding hydrogens is 328 g/mol. The fourth-order valence-electron chi connectivity index (χ4n) is 3.67. The van der Waals surface area contributed by atoms with Gasteiger partial charge in [-0.15, -0.1) is 0 Å². The summed E-state index contributed by atoms with van der Waals surface area (Å²) in [5.74, 6) is 0.0382. The highest BCUT2D eigenvalue weighted by Gasteiger charge is 2.50. The zero-order chi connectivity index (χ0) is 18.7. The van der Waals surface area contributed by atoms with Gasteiger partial charge in [0.15, 0.2) is 8.32 Å². The molecule has 1 aromatic rings. The fraction of sp³-hybridized carbons (Fsp3) is 0.667. The third-order valence-corrected chi connectivity index (χ3v) is 10.6. The minimum Gasteiger partial charge on any atom is -0.469 e. The molecule has 0 saturated heterocycles. The van der Waals surface area contributed by atoms with Gasteiger partial charge < -0.3 is 9.16 Å². The van der Waals surface area contributed by atoms with Crippen LogP contribution in [0.25, 0.3) is 0 Å². The number of methoxy groups -OCH3 is 1. The Morgan fingerprint density at radius 2 is 1.84 bits per heavy atom. The van der Waals surface area contributed by atoms with Crippen molar-refractivity contribution in [3.05, 3.63) is 35.9 Å². The van der Waals surface area contributed by atoms with Gasteiger partial charge in [-0.3, -0.25) is 4.79 Å². The van der Waals surface area contributed by atoms with E-state index in [1.165, 1.54) is 12.7 Å². The summed E-state index contributed by atoms with van der Waals surface area (Å²) in [6, 6.07) is 10.5. The second kappa shape index (κ2) is 7.63. The van der Waals surface area contributed by atoms with Crippen LogP contribution in [0, 0.1) is 5.92 Å². The van der Waals surface area contributed by atoms with Gasteiger partial charge in [-0.25, -0.2) is 0 Å². The first-order valence-electron chi connectivity index (χ1n) is 9.45. The van der Waals surface area contributed by atoms with Gasteiger partial charge in [-0.1, -0.05) is 63.9 Å². The second-order valence-electron chi connectivity index (χ2n) is 8.84. The van der Waals surface area contributed by atoms with Gasteiger partial charge in [0.1, 0.15) is 0 Å². The Hall–Kier alpha value is -1.13. The van der Waals surface area contributed by atoms with Crippen LogP contribution >= 0.6 is 0 Å². The molecule has 1 fully saturated rings. The van der Waals surface area contributed by atoms with Gasteiger partial charge in [0.05, 0.1) is 19.1 Å². The number of carbonyl (C=O) groups excluding carboxylic acids is 1. The van der Waals surface area contributed by atoms with E-state index in [-0.39, 0.29) is 22.5 Å². The highest BCUT2D eigenvalue weighted by molar-refractivity contribution is 6.74. The van der Waals surface area contributed by atoms with Crippen molar-refractivity contribution in [1.29, 1.82) is 0 Å². The molecule has 3 nitrogen and oxygen atoms in total. The van der Waals surface area contributed by atoms with Gasteiger partial charge in [0, 0.05) is 5.92 Å². The summed E-state index contributed by atoms with van der Waals surface area (Å²) in [5.41, 5.74) is 0.838. The molecule has 1 aromatic carbocycles. The molecule has 0 radical (unpaired) electrons. The smallest absolute Gasteiger partial charge is 0.305 e. The average molecular weight is 363 g/mol. The molecule has 25 heavy (non-hydrogen) atoms. The Morgan fingerprint density at radius 1 is 1.20 bits per heavy atom. The van der Waals surface area contributed by atoms with Gasteiger partial charge in [-0.05, 0) is 36.5 Å². The number of rotatable bonds is 5. The van der Waals surface area contributed by atoms with E-state index < -0.39 is 8.32 Å². The quantitative estimate of drug-likeness (QED) is 0.501. The summed E-state index contributed by atoms with van der Waals surface area (Å²) in [7, 11) is -0.526. The summed E-state index contributed by atoms with van der Waals surface area (Å²) < 4.78 is 12.1. The summed E-state index contributed by atoms with van der Waals surface area (Å²) >= 11 is 0. The summed E-state index contributed by atoms with van der Waals surface area (Å²) in [5, 5.41) is 0.127. The molecular formula is C21H34O3Si. The first kappa shape index (κ1) is 20.2. The Labute approximate surface area is 154 Å². The highest BCUT2D eigenvalue weighted by atomic mass is 28.4. The Kier molecular flexibility index (Phi) is 6.16. The molecule has 1 aliphatic carbocycles. The van der Waals surface area contributed by atoms with Crippen molar-refractivity contribution in [2.45, 2.75) is 76.6 Å². The summed E-state index contributed by atoms with van der Waals surface area (Å²) in [4.78, 5) is 12.1. The van der Waals surface area contributed by atoms with Crippen LogP contribution in [0.4, 0.5) is 0 Å². The van der Waals surface area contributed by atoms with E-state index in [9.17, 15) is 4.79 Å². The maximum atomic E-state index is 12.1. The third kappa shape index (κ3) is 4.35. The second-order valence-corrected chi connectivity index (χ2v) is 13.6. The molecule has 0 aromatic heterocycles. The van der Waals surface area contributed by atoms with Crippen LogP contribution in [-0.2, 0) is 19.6 Å². The Balaban J connectivity index is 2.49. The summed E-state index contributed by atoms with van der Waals surface area (Å²) in [6.45, 7) is 11.4. The van der Waals surface area contributed by atoms with Crippen molar-refractivity contribution >= 4 is 14.3 Å². The predicted molar refractivity (Wildman–Crippen MR) is 105 cm³/mol. The van der Waals surface area contributed by atoms with Crippen LogP contribution in [-0.4, -0.2) is 21.4 Å². The lowest BCUT2D eigenvalue weighted by molar-refractivity contribution is -0.146. The first-order chi connectivity index (χ1) is 11.6. The fourth-order valence-corrected chi connectivity index (χ4v) is 5.27. The van der Waals surface area contributed by atoms with E-state index in [0.717, 1.165) is 25.7 Å². The minimum absolute atomic E-state index is 0.127. The Bertz CT molecular complexity index is 577. The van der Waals surface area contributed by atoms with Crippen LogP contribution in [0.5, 0.6) is 0 Å². The maximum Gasteiger partial charge on any atom is 0.305 e. The van der Waals surface area contributed by atoms with Crippen LogP contribution in [0.15, 0.2) is 30.3 Å². The number of esters is 1. The van der Waals surface area contributed by atoms with E-state index in [2.05, 4.69) is 58.1 Å². The molecule has 0 unspecified atom stereocenters. The maximum absolute atomic E-state index is 12.1. The van der Waals surface area contributed by atoms with Crippen molar-refractivity contribution in [3.8, 4) is 0 Å². The lowest BCUT2D eigenvalue weighted by atomic mass is 9.70. The van der Waals surface area contributed by atoms with E-state index >= 15 is 0 Å². The zero-order valence-corrected chi connectivity index (χ0v) is 17.7. The van der Waals surface area contributed by atoms with Crippen molar-refractivity contribution in [3.63, 3.8) is 0 Å². The van der Waals surface area contributed by atoms with E-state index in [0.29, 0.717) is 6.42 Å². The predicted octanol–water partition coefficient (Wildman–Crippen LogP) is 5.66. The van der Waals surface area contributed by atoms with Gasteiger partial charge in [-0.2, -0.15) is 0 Å². The largest absolute Gasteiger partial charge is 0.469 e. The molecule has 2 rings (SSSR count). The average Bonchev–Trinajstić information content (AvgIpc) is 2.56. The van der Waals surface area contributed by atoms with Gasteiger partial charge in [0.25, 0.3) is 0 Å². The number of benzene rings is 1. The van der Waals surface area contributed by atoms with Gasteiger partial charge >= 0.3 is 5.97 Å². The van der Waals surface area contributed by atoms with Crippen LogP contribution in [0.1, 0.15) is 58.4 Å². The molecule has 0 spiro atoms. The molecule has 0 amide bonds. The lowest BCUT2D eigenvalue weighted by Crippen LogP contribution is -2.52. The Morgan fingerprint density at radius 3 is 2.40 bits per heavy atom. The van der Waals surface area contributed by atoms with Crippen molar-refractivity contribution in [1.82, 2.24) is 0 Å². The van der Waals surface area contributed by atoms with Crippen LogP contribution in [0.2, 0.25) is 18.1 Å². The van der Waals surface area contributed by atoms with Crippen molar-refractivity contribution in [2.75, 3.05) is 7.11 Å². The molecule has 1 aliphatic rings. The van der Waals surface area contributed by atoms with Crippen molar-refractivity contribution < 1.29 is 14.0 Å². The van der Waals surface area contributed by atoms with Gasteiger partial charge in [0.2, 0.25) is 0 Å². The lowest BCUT2D eigenvalue weighted by Gasteiger charge is -2.51. The zero-order valence-electron chi connectivity index (χ0n) is 16.7. The molecule has 140 valence electrons. The number of ether oxygens (including phenoxy) is 1. The normalized spacial score (nSPS) is 24.8. The molecule has 1 saturated carbocycles. The van der Waals surface area contributed by atoms with Crippen LogP contribution < -0.4 is 0 Å². The first-order valence-corrected chi connectivity index (χ1v) is 12.4. The SMILES string of the molecule is COC(=O)C[C@@H]1CCCC[C@]1(O[Si](C)(C)C(C)(C)C)c1ccccc1. The molecule has 0 N–H and O–H groups in total. The van der Waals surface area contributed by atoms with E-state index in [1.807, 2.05) is 6.07 Å². The molecule has 0 aliphatic heterocycles.